The number of amides is 1. The molecule has 1 aliphatic rings. The lowest BCUT2D eigenvalue weighted by Gasteiger charge is -2.07. The molecule has 0 spiro atoms. The summed E-state index contributed by atoms with van der Waals surface area (Å²) in [6, 6.07) is 0. The van der Waals surface area contributed by atoms with Gasteiger partial charge in [-0.2, -0.15) is 5.10 Å². The van der Waals surface area contributed by atoms with Crippen LogP contribution in [0.25, 0.3) is 0 Å². The van der Waals surface area contributed by atoms with Gasteiger partial charge in [-0.25, -0.2) is 0 Å². The van der Waals surface area contributed by atoms with Crippen molar-refractivity contribution in [1.82, 2.24) is 15.1 Å². The van der Waals surface area contributed by atoms with Crippen molar-refractivity contribution < 1.29 is 4.79 Å². The van der Waals surface area contributed by atoms with Crippen molar-refractivity contribution in [3.63, 3.8) is 0 Å². The average molecular weight is 264 g/mol. The summed E-state index contributed by atoms with van der Waals surface area (Å²) in [6.45, 7) is 8.57. The Hall–Kier alpha value is -1.36. The van der Waals surface area contributed by atoms with E-state index in [2.05, 4.69) is 24.3 Å². The Labute approximate surface area is 114 Å². The molecular weight excluding hydrogens is 240 g/mol. The average Bonchev–Trinajstić information content (AvgIpc) is 2.80. The highest BCUT2D eigenvalue weighted by molar-refractivity contribution is 5.95. The van der Waals surface area contributed by atoms with E-state index in [9.17, 15) is 4.79 Å². The molecule has 0 saturated heterocycles. The third-order valence-corrected chi connectivity index (χ3v) is 4.15. The van der Waals surface area contributed by atoms with Gasteiger partial charge in [0.1, 0.15) is 0 Å². The number of nitrogens with one attached hydrogen (secondary N) is 1. The first-order chi connectivity index (χ1) is 8.95. The van der Waals surface area contributed by atoms with Crippen molar-refractivity contribution in [2.45, 2.75) is 40.2 Å². The standard InChI is InChI=1S/C14H24N4O/c1-10-12(9-17-18(10)6-4-5-15)13(19)16-8-11-7-14(11,2)3/h9,11H,4-8,15H2,1-3H3,(H,16,19). The van der Waals surface area contributed by atoms with Crippen LogP contribution >= 0.6 is 0 Å². The van der Waals surface area contributed by atoms with Gasteiger partial charge in [0.2, 0.25) is 0 Å². The molecule has 1 unspecified atom stereocenters. The Morgan fingerprint density at radius 2 is 2.32 bits per heavy atom. The van der Waals surface area contributed by atoms with E-state index in [0.29, 0.717) is 23.4 Å². The number of aromatic nitrogens is 2. The molecule has 1 saturated carbocycles. The summed E-state index contributed by atoms with van der Waals surface area (Å²) in [4.78, 5) is 12.1. The fraction of sp³-hybridized carbons (Fsp3) is 0.714. The van der Waals surface area contributed by atoms with E-state index >= 15 is 0 Å². The van der Waals surface area contributed by atoms with Gasteiger partial charge in [0, 0.05) is 18.8 Å². The van der Waals surface area contributed by atoms with E-state index in [-0.39, 0.29) is 5.91 Å². The lowest BCUT2D eigenvalue weighted by molar-refractivity contribution is 0.0950. The predicted molar refractivity (Wildman–Crippen MR) is 74.9 cm³/mol. The second-order valence-electron chi connectivity index (χ2n) is 6.11. The predicted octanol–water partition coefficient (Wildman–Crippen LogP) is 1.32. The summed E-state index contributed by atoms with van der Waals surface area (Å²) in [5.74, 6) is 0.600. The van der Waals surface area contributed by atoms with Crippen LogP contribution in [0.2, 0.25) is 0 Å². The summed E-state index contributed by atoms with van der Waals surface area (Å²) in [5, 5.41) is 7.26. The maximum Gasteiger partial charge on any atom is 0.254 e. The fourth-order valence-electron chi connectivity index (χ4n) is 2.37. The number of nitrogens with zero attached hydrogens (tertiary/aromatic N) is 2. The Morgan fingerprint density at radius 1 is 1.63 bits per heavy atom. The van der Waals surface area contributed by atoms with Crippen LogP contribution in [0.5, 0.6) is 0 Å². The number of hydrogen-bond donors (Lipinski definition) is 2. The zero-order chi connectivity index (χ0) is 14.0. The number of hydrogen-bond acceptors (Lipinski definition) is 3. The first-order valence-electron chi connectivity index (χ1n) is 6.96. The highest BCUT2D eigenvalue weighted by atomic mass is 16.1. The molecule has 3 N–H and O–H groups in total. The molecule has 5 heteroatoms. The monoisotopic (exact) mass is 264 g/mol. The van der Waals surface area contributed by atoms with E-state index < -0.39 is 0 Å². The van der Waals surface area contributed by atoms with Gasteiger partial charge >= 0.3 is 0 Å². The third-order valence-electron chi connectivity index (χ3n) is 4.15. The highest BCUT2D eigenvalue weighted by Gasteiger charge is 2.45. The summed E-state index contributed by atoms with van der Waals surface area (Å²) in [6.07, 6.45) is 3.72. The lowest BCUT2D eigenvalue weighted by atomic mass is 10.1. The number of nitrogens with two attached hydrogens (primary N) is 1. The zero-order valence-corrected chi connectivity index (χ0v) is 12.1. The zero-order valence-electron chi connectivity index (χ0n) is 12.1. The molecule has 0 radical (unpaired) electrons. The minimum absolute atomic E-state index is 0.0146. The highest BCUT2D eigenvalue weighted by Crippen LogP contribution is 2.50. The van der Waals surface area contributed by atoms with Crippen LogP contribution in [0.4, 0.5) is 0 Å². The van der Waals surface area contributed by atoms with E-state index in [0.717, 1.165) is 25.2 Å². The summed E-state index contributed by atoms with van der Waals surface area (Å²) in [5.41, 5.74) is 7.48. The second-order valence-corrected chi connectivity index (χ2v) is 6.11. The topological polar surface area (TPSA) is 72.9 Å². The number of aryl methyl sites for hydroxylation is 1. The normalized spacial score (nSPS) is 20.3. The molecule has 1 amide bonds. The maximum atomic E-state index is 12.1. The van der Waals surface area contributed by atoms with E-state index in [1.807, 2.05) is 11.6 Å². The molecule has 2 rings (SSSR count). The molecule has 1 aromatic heterocycles. The first-order valence-corrected chi connectivity index (χ1v) is 6.96. The maximum absolute atomic E-state index is 12.1. The van der Waals surface area contributed by atoms with Crippen molar-refractivity contribution in [2.24, 2.45) is 17.1 Å². The number of carbonyl (C=O) groups is 1. The molecule has 1 aliphatic carbocycles. The van der Waals surface area contributed by atoms with Crippen LogP contribution < -0.4 is 11.1 Å². The van der Waals surface area contributed by atoms with Crippen molar-refractivity contribution in [2.75, 3.05) is 13.1 Å². The number of rotatable bonds is 6. The molecule has 5 nitrogen and oxygen atoms in total. The van der Waals surface area contributed by atoms with Crippen molar-refractivity contribution in [3.05, 3.63) is 17.5 Å². The van der Waals surface area contributed by atoms with Crippen LogP contribution in [0.15, 0.2) is 6.20 Å². The van der Waals surface area contributed by atoms with Gasteiger partial charge in [0.05, 0.1) is 11.8 Å². The molecule has 106 valence electrons. The SMILES string of the molecule is Cc1c(C(=O)NCC2CC2(C)C)cnn1CCCN. The van der Waals surface area contributed by atoms with E-state index in [1.165, 1.54) is 6.42 Å². The van der Waals surface area contributed by atoms with Crippen LogP contribution in [-0.4, -0.2) is 28.8 Å². The Morgan fingerprint density at radius 3 is 2.89 bits per heavy atom. The minimum Gasteiger partial charge on any atom is -0.352 e. The van der Waals surface area contributed by atoms with Crippen molar-refractivity contribution in [1.29, 1.82) is 0 Å². The smallest absolute Gasteiger partial charge is 0.254 e. The first kappa shape index (κ1) is 14.1. The Balaban J connectivity index is 1.90. The molecule has 1 heterocycles. The van der Waals surface area contributed by atoms with Gasteiger partial charge < -0.3 is 11.1 Å². The number of carbonyl (C=O) groups excluding carboxylic acids is 1. The Bertz CT molecular complexity index is 464. The molecule has 0 aromatic carbocycles. The van der Waals surface area contributed by atoms with Crippen LogP contribution in [0, 0.1) is 18.3 Å². The molecule has 0 bridgehead atoms. The van der Waals surface area contributed by atoms with Gasteiger partial charge in [-0.15, -0.1) is 0 Å². The van der Waals surface area contributed by atoms with Gasteiger partial charge in [0.15, 0.2) is 0 Å². The molecule has 1 aromatic rings. The van der Waals surface area contributed by atoms with E-state index in [4.69, 9.17) is 5.73 Å². The molecule has 0 aliphatic heterocycles. The van der Waals surface area contributed by atoms with Gasteiger partial charge in [-0.05, 0) is 37.6 Å². The third kappa shape index (κ3) is 3.15. The fourth-order valence-corrected chi connectivity index (χ4v) is 2.37. The largest absolute Gasteiger partial charge is 0.352 e. The second kappa shape index (κ2) is 5.33. The van der Waals surface area contributed by atoms with Gasteiger partial charge in [-0.3, -0.25) is 9.48 Å². The van der Waals surface area contributed by atoms with Crippen LogP contribution in [0.1, 0.15) is 42.7 Å². The summed E-state index contributed by atoms with van der Waals surface area (Å²) >= 11 is 0. The lowest BCUT2D eigenvalue weighted by Crippen LogP contribution is -2.27. The van der Waals surface area contributed by atoms with Gasteiger partial charge in [-0.1, -0.05) is 13.8 Å². The van der Waals surface area contributed by atoms with Crippen LogP contribution in [0.3, 0.4) is 0 Å². The summed E-state index contributed by atoms with van der Waals surface area (Å²) < 4.78 is 1.85. The van der Waals surface area contributed by atoms with Gasteiger partial charge in [0.25, 0.3) is 5.91 Å². The van der Waals surface area contributed by atoms with Crippen LogP contribution in [-0.2, 0) is 6.54 Å². The Kier molecular flexibility index (Phi) is 3.94. The molecule has 1 fully saturated rings. The summed E-state index contributed by atoms with van der Waals surface area (Å²) in [7, 11) is 0. The quantitative estimate of drug-likeness (QED) is 0.814. The molecular formula is C14H24N4O. The van der Waals surface area contributed by atoms with Crippen molar-refractivity contribution in [3.8, 4) is 0 Å². The van der Waals surface area contributed by atoms with E-state index in [1.54, 1.807) is 6.20 Å². The minimum atomic E-state index is -0.0146. The van der Waals surface area contributed by atoms with Crippen molar-refractivity contribution >= 4 is 5.91 Å². The molecule has 19 heavy (non-hydrogen) atoms. The molecule has 1 atom stereocenters.